The van der Waals surface area contributed by atoms with Crippen LogP contribution in [0.5, 0.6) is 0 Å². The molecule has 3 nitrogen and oxygen atoms in total. The topological polar surface area (TPSA) is 38.3 Å². The van der Waals surface area contributed by atoms with E-state index in [1.165, 1.54) is 0 Å². The van der Waals surface area contributed by atoms with Crippen LogP contribution in [0.25, 0.3) is 0 Å². The number of hydrogen-bond acceptors (Lipinski definition) is 2. The summed E-state index contributed by atoms with van der Waals surface area (Å²) in [6.45, 7) is 2.14. The first kappa shape index (κ1) is 15.3. The molecule has 1 amide bonds. The predicted molar refractivity (Wildman–Crippen MR) is 64.6 cm³/mol. The maximum absolute atomic E-state index is 11.9. The molecule has 0 bridgehead atoms. The summed E-state index contributed by atoms with van der Waals surface area (Å²) in [5.74, 6) is 0.0286. The fourth-order valence-electron chi connectivity index (χ4n) is 1.61. The molecular weight excluding hydrogens is 259 g/mol. The van der Waals surface area contributed by atoms with E-state index in [-0.39, 0.29) is 12.0 Å². The highest BCUT2D eigenvalue weighted by Gasteiger charge is 2.30. The van der Waals surface area contributed by atoms with E-state index in [9.17, 15) is 18.0 Å². The van der Waals surface area contributed by atoms with Gasteiger partial charge in [0.25, 0.3) is 0 Å². The van der Waals surface area contributed by atoms with Gasteiger partial charge in [-0.25, -0.2) is 4.79 Å². The Kier molecular flexibility index (Phi) is 5.20. The van der Waals surface area contributed by atoms with Gasteiger partial charge in [0.2, 0.25) is 0 Å². The van der Waals surface area contributed by atoms with Gasteiger partial charge in [-0.1, -0.05) is 44.2 Å². The van der Waals surface area contributed by atoms with Crippen molar-refractivity contribution in [1.29, 1.82) is 0 Å². The Balaban J connectivity index is 2.63. The van der Waals surface area contributed by atoms with Gasteiger partial charge >= 0.3 is 12.3 Å². The van der Waals surface area contributed by atoms with Crippen LogP contribution in [0.3, 0.4) is 0 Å². The minimum absolute atomic E-state index is 0.0286. The molecule has 0 aromatic heterocycles. The van der Waals surface area contributed by atoms with E-state index in [4.69, 9.17) is 0 Å². The third kappa shape index (κ3) is 5.63. The van der Waals surface area contributed by atoms with Gasteiger partial charge in [-0.2, -0.15) is 13.2 Å². The predicted octanol–water partition coefficient (Wildman–Crippen LogP) is 3.67. The van der Waals surface area contributed by atoms with Gasteiger partial charge in [-0.3, -0.25) is 0 Å². The summed E-state index contributed by atoms with van der Waals surface area (Å²) in [5.41, 5.74) is 0.821. The number of benzene rings is 1. The molecule has 0 fully saturated rings. The average Bonchev–Trinajstić information content (AvgIpc) is 2.33. The molecule has 0 heterocycles. The number of amides is 1. The Bertz CT molecular complexity index is 404. The van der Waals surface area contributed by atoms with Crippen LogP contribution in [0.15, 0.2) is 30.3 Å². The van der Waals surface area contributed by atoms with Gasteiger partial charge in [0.1, 0.15) is 0 Å². The molecule has 0 saturated carbocycles. The van der Waals surface area contributed by atoms with Crippen LogP contribution in [0.1, 0.15) is 25.5 Å². The number of carbonyl (C=O) groups excluding carboxylic acids is 1. The number of alkyl halides is 3. The molecule has 19 heavy (non-hydrogen) atoms. The number of alkyl carbamates (subject to hydrolysis) is 1. The fourth-order valence-corrected chi connectivity index (χ4v) is 1.61. The highest BCUT2D eigenvalue weighted by Crippen LogP contribution is 2.21. The molecule has 0 aliphatic rings. The molecular formula is C13H16F3NO2. The molecule has 0 saturated heterocycles. The highest BCUT2D eigenvalue weighted by molar-refractivity contribution is 5.68. The molecule has 1 aromatic carbocycles. The standard InChI is InChI=1S/C13H16F3NO2/c1-9(2)11(10-6-4-3-5-7-10)17-12(18)19-8-13(14,15)16/h3-7,9,11H,8H2,1-2H3,(H,17,18). The van der Waals surface area contributed by atoms with Crippen LogP contribution in [0.4, 0.5) is 18.0 Å². The Morgan fingerprint density at radius 3 is 2.32 bits per heavy atom. The quantitative estimate of drug-likeness (QED) is 0.910. The largest absolute Gasteiger partial charge is 0.440 e. The van der Waals surface area contributed by atoms with Gasteiger partial charge in [-0.05, 0) is 11.5 Å². The molecule has 0 aliphatic heterocycles. The van der Waals surface area contributed by atoms with Crippen molar-refractivity contribution in [2.24, 2.45) is 5.92 Å². The van der Waals surface area contributed by atoms with Gasteiger partial charge < -0.3 is 10.1 Å². The first-order valence-corrected chi connectivity index (χ1v) is 5.84. The smallest absolute Gasteiger partial charge is 0.422 e. The fraction of sp³-hybridized carbons (Fsp3) is 0.462. The maximum Gasteiger partial charge on any atom is 0.422 e. The zero-order valence-electron chi connectivity index (χ0n) is 10.7. The second kappa shape index (κ2) is 6.45. The van der Waals surface area contributed by atoms with Crippen LogP contribution in [-0.2, 0) is 4.74 Å². The summed E-state index contributed by atoms with van der Waals surface area (Å²) in [5, 5.41) is 2.44. The van der Waals surface area contributed by atoms with Gasteiger partial charge in [0.15, 0.2) is 6.61 Å². The lowest BCUT2D eigenvalue weighted by Crippen LogP contribution is -2.34. The van der Waals surface area contributed by atoms with E-state index in [0.29, 0.717) is 0 Å². The van der Waals surface area contributed by atoms with Gasteiger partial charge in [0.05, 0.1) is 6.04 Å². The van der Waals surface area contributed by atoms with Crippen LogP contribution in [0.2, 0.25) is 0 Å². The number of carbonyl (C=O) groups is 1. The van der Waals surface area contributed by atoms with Gasteiger partial charge in [-0.15, -0.1) is 0 Å². The minimum atomic E-state index is -4.52. The summed E-state index contributed by atoms with van der Waals surface area (Å²) in [4.78, 5) is 11.3. The van der Waals surface area contributed by atoms with Crippen molar-refractivity contribution in [3.8, 4) is 0 Å². The lowest BCUT2D eigenvalue weighted by Gasteiger charge is -2.22. The summed E-state index contributed by atoms with van der Waals surface area (Å²) < 4.78 is 39.9. The van der Waals surface area contributed by atoms with Crippen molar-refractivity contribution in [3.05, 3.63) is 35.9 Å². The molecule has 106 valence electrons. The minimum Gasteiger partial charge on any atom is -0.440 e. The van der Waals surface area contributed by atoms with Crippen LogP contribution in [0, 0.1) is 5.92 Å². The molecule has 6 heteroatoms. The van der Waals surface area contributed by atoms with Crippen LogP contribution < -0.4 is 5.32 Å². The monoisotopic (exact) mass is 275 g/mol. The highest BCUT2D eigenvalue weighted by atomic mass is 19.4. The lowest BCUT2D eigenvalue weighted by atomic mass is 9.96. The SMILES string of the molecule is CC(C)C(NC(=O)OCC(F)(F)F)c1ccccc1. The number of halogens is 3. The first-order valence-electron chi connectivity index (χ1n) is 5.84. The van der Waals surface area contributed by atoms with E-state index < -0.39 is 18.9 Å². The Morgan fingerprint density at radius 1 is 1.26 bits per heavy atom. The number of nitrogens with one attached hydrogen (secondary N) is 1. The Hall–Kier alpha value is -1.72. The molecule has 1 aromatic rings. The summed E-state index contributed by atoms with van der Waals surface area (Å²) in [6.07, 6.45) is -5.59. The molecule has 1 unspecified atom stereocenters. The summed E-state index contributed by atoms with van der Waals surface area (Å²) >= 11 is 0. The molecule has 1 rings (SSSR count). The zero-order chi connectivity index (χ0) is 14.5. The Morgan fingerprint density at radius 2 is 1.84 bits per heavy atom. The molecule has 1 atom stereocenters. The third-order valence-corrected chi connectivity index (χ3v) is 2.47. The van der Waals surface area contributed by atoms with E-state index in [1.54, 1.807) is 24.3 Å². The summed E-state index contributed by atoms with van der Waals surface area (Å²) in [6, 6.07) is 8.63. The second-order valence-electron chi connectivity index (χ2n) is 4.47. The van der Waals surface area contributed by atoms with Crippen molar-refractivity contribution in [3.63, 3.8) is 0 Å². The number of hydrogen-bond donors (Lipinski definition) is 1. The molecule has 0 radical (unpaired) electrons. The van der Waals surface area contributed by atoms with E-state index in [2.05, 4.69) is 10.1 Å². The van der Waals surface area contributed by atoms with Gasteiger partial charge in [0, 0.05) is 0 Å². The average molecular weight is 275 g/mol. The van der Waals surface area contributed by atoms with Crippen molar-refractivity contribution in [2.45, 2.75) is 26.1 Å². The van der Waals surface area contributed by atoms with Crippen molar-refractivity contribution in [1.82, 2.24) is 5.32 Å². The number of ether oxygens (including phenoxy) is 1. The molecule has 0 spiro atoms. The first-order chi connectivity index (χ1) is 8.79. The normalized spacial score (nSPS) is 13.2. The lowest BCUT2D eigenvalue weighted by molar-refractivity contribution is -0.160. The Labute approximate surface area is 109 Å². The second-order valence-corrected chi connectivity index (χ2v) is 4.47. The summed E-state index contributed by atoms with van der Waals surface area (Å²) in [7, 11) is 0. The zero-order valence-corrected chi connectivity index (χ0v) is 10.7. The van der Waals surface area contributed by atoms with Crippen molar-refractivity contribution >= 4 is 6.09 Å². The van der Waals surface area contributed by atoms with Crippen LogP contribution in [-0.4, -0.2) is 18.9 Å². The molecule has 1 N–H and O–H groups in total. The van der Waals surface area contributed by atoms with E-state index >= 15 is 0 Å². The molecule has 0 aliphatic carbocycles. The van der Waals surface area contributed by atoms with Crippen molar-refractivity contribution < 1.29 is 22.7 Å². The van der Waals surface area contributed by atoms with Crippen molar-refractivity contribution in [2.75, 3.05) is 6.61 Å². The third-order valence-electron chi connectivity index (χ3n) is 2.47. The van der Waals surface area contributed by atoms with E-state index in [1.807, 2.05) is 19.9 Å². The number of rotatable bonds is 4. The maximum atomic E-state index is 11.9. The van der Waals surface area contributed by atoms with E-state index in [0.717, 1.165) is 5.56 Å². The van der Waals surface area contributed by atoms with Crippen LogP contribution >= 0.6 is 0 Å².